The van der Waals surface area contributed by atoms with Gasteiger partial charge in [0.05, 0.1) is 26.4 Å². The molecular formula is C22H19NO2. The highest BCUT2D eigenvalue weighted by Crippen LogP contribution is 2.42. The number of hydrogen-bond acceptors (Lipinski definition) is 3. The minimum Gasteiger partial charge on any atom is -0.497 e. The van der Waals surface area contributed by atoms with Crippen LogP contribution >= 0.6 is 0 Å². The minimum absolute atomic E-state index is 0.00184. The first-order valence-electron chi connectivity index (χ1n) is 8.43. The fraction of sp³-hybridized carbons (Fsp3) is 0.227. The SMILES string of the molecule is COc1ccc([C@@H]2/C(C#N)=C\c3ccccc3/C=C3/COC[C@H]32)cc1. The van der Waals surface area contributed by atoms with Crippen LogP contribution in [0.4, 0.5) is 0 Å². The summed E-state index contributed by atoms with van der Waals surface area (Å²) in [6, 6.07) is 18.7. The normalized spacial score (nSPS) is 25.9. The van der Waals surface area contributed by atoms with Gasteiger partial charge in [-0.3, -0.25) is 0 Å². The number of rotatable bonds is 2. The molecule has 1 aliphatic heterocycles. The van der Waals surface area contributed by atoms with Crippen LogP contribution in [0.2, 0.25) is 0 Å². The molecule has 1 aliphatic carbocycles. The molecule has 124 valence electrons. The molecule has 2 aromatic rings. The van der Waals surface area contributed by atoms with E-state index in [4.69, 9.17) is 9.47 Å². The quantitative estimate of drug-likeness (QED) is 0.818. The van der Waals surface area contributed by atoms with Crippen molar-refractivity contribution in [2.24, 2.45) is 5.92 Å². The lowest BCUT2D eigenvalue weighted by molar-refractivity contribution is 0.185. The number of methoxy groups -OCH3 is 1. The molecule has 2 atom stereocenters. The zero-order valence-corrected chi connectivity index (χ0v) is 14.1. The predicted octanol–water partition coefficient (Wildman–Crippen LogP) is 4.43. The average molecular weight is 329 g/mol. The maximum absolute atomic E-state index is 9.88. The second kappa shape index (κ2) is 6.58. The van der Waals surface area contributed by atoms with E-state index in [1.165, 1.54) is 5.57 Å². The zero-order valence-electron chi connectivity index (χ0n) is 14.1. The van der Waals surface area contributed by atoms with Crippen molar-refractivity contribution in [2.45, 2.75) is 5.92 Å². The Hall–Kier alpha value is -2.83. The van der Waals surface area contributed by atoms with Crippen LogP contribution in [-0.2, 0) is 4.74 Å². The van der Waals surface area contributed by atoms with Crippen molar-refractivity contribution in [1.29, 1.82) is 5.26 Å². The molecule has 2 aromatic carbocycles. The second-order valence-electron chi connectivity index (χ2n) is 6.43. The Labute approximate surface area is 147 Å². The van der Waals surface area contributed by atoms with Gasteiger partial charge in [-0.25, -0.2) is 0 Å². The van der Waals surface area contributed by atoms with Gasteiger partial charge >= 0.3 is 0 Å². The highest BCUT2D eigenvalue weighted by Gasteiger charge is 2.34. The van der Waals surface area contributed by atoms with Gasteiger partial charge in [0, 0.05) is 17.4 Å². The van der Waals surface area contributed by atoms with Crippen molar-refractivity contribution < 1.29 is 9.47 Å². The van der Waals surface area contributed by atoms with E-state index in [9.17, 15) is 5.26 Å². The molecule has 1 heterocycles. The molecule has 3 heteroatoms. The van der Waals surface area contributed by atoms with E-state index in [0.29, 0.717) is 13.2 Å². The van der Waals surface area contributed by atoms with E-state index in [2.05, 4.69) is 36.4 Å². The molecule has 4 rings (SSSR count). The lowest BCUT2D eigenvalue weighted by atomic mass is 9.76. The summed E-state index contributed by atoms with van der Waals surface area (Å²) in [6.07, 6.45) is 4.25. The summed E-state index contributed by atoms with van der Waals surface area (Å²) in [4.78, 5) is 0. The fourth-order valence-corrected chi connectivity index (χ4v) is 3.75. The summed E-state index contributed by atoms with van der Waals surface area (Å²) in [6.45, 7) is 1.27. The third kappa shape index (κ3) is 2.86. The Bertz CT molecular complexity index is 887. The van der Waals surface area contributed by atoms with Crippen LogP contribution in [0.3, 0.4) is 0 Å². The molecule has 0 bridgehead atoms. The van der Waals surface area contributed by atoms with Gasteiger partial charge in [-0.15, -0.1) is 0 Å². The van der Waals surface area contributed by atoms with Gasteiger partial charge in [-0.1, -0.05) is 42.5 Å². The van der Waals surface area contributed by atoms with Gasteiger partial charge < -0.3 is 9.47 Å². The van der Waals surface area contributed by atoms with E-state index >= 15 is 0 Å². The largest absolute Gasteiger partial charge is 0.497 e. The maximum Gasteiger partial charge on any atom is 0.118 e. The van der Waals surface area contributed by atoms with Crippen LogP contribution in [0.15, 0.2) is 59.7 Å². The second-order valence-corrected chi connectivity index (χ2v) is 6.43. The summed E-state index contributed by atoms with van der Waals surface area (Å²) in [5, 5.41) is 9.88. The standard InChI is InChI=1S/C22H19NO2/c1-24-20-8-6-15(7-9-20)22-18(12-23)10-16-4-2-3-5-17(16)11-19-13-25-14-21(19)22/h2-11,21-22H,13-14H2,1H3/b18-10-,19-11-/t21-,22-/m1/s1. The van der Waals surface area contributed by atoms with Crippen molar-refractivity contribution in [1.82, 2.24) is 0 Å². The van der Waals surface area contributed by atoms with Gasteiger partial charge in [0.1, 0.15) is 5.75 Å². The number of nitrogens with zero attached hydrogens (tertiary/aromatic N) is 1. The molecular weight excluding hydrogens is 310 g/mol. The average Bonchev–Trinajstić information content (AvgIpc) is 3.08. The molecule has 0 saturated carbocycles. The maximum atomic E-state index is 9.88. The first-order chi connectivity index (χ1) is 12.3. The Morgan fingerprint density at radius 1 is 1.04 bits per heavy atom. The Kier molecular flexibility index (Phi) is 4.13. The van der Waals surface area contributed by atoms with Gasteiger partial charge in [-0.2, -0.15) is 5.26 Å². The fourth-order valence-electron chi connectivity index (χ4n) is 3.75. The van der Waals surface area contributed by atoms with E-state index in [1.54, 1.807) is 7.11 Å². The summed E-state index contributed by atoms with van der Waals surface area (Å²) in [5.74, 6) is 1.01. The number of ether oxygens (including phenoxy) is 2. The van der Waals surface area contributed by atoms with Crippen LogP contribution in [0.1, 0.15) is 22.6 Å². The summed E-state index contributed by atoms with van der Waals surface area (Å²) >= 11 is 0. The van der Waals surface area contributed by atoms with Crippen LogP contribution in [0.5, 0.6) is 5.75 Å². The molecule has 0 unspecified atom stereocenters. The predicted molar refractivity (Wildman–Crippen MR) is 98.1 cm³/mol. The van der Waals surface area contributed by atoms with E-state index < -0.39 is 0 Å². The minimum atomic E-state index is -0.00184. The van der Waals surface area contributed by atoms with Crippen molar-refractivity contribution in [3.05, 3.63) is 76.4 Å². The van der Waals surface area contributed by atoms with Crippen molar-refractivity contribution in [3.63, 3.8) is 0 Å². The number of benzene rings is 2. The van der Waals surface area contributed by atoms with Crippen LogP contribution in [-0.4, -0.2) is 20.3 Å². The van der Waals surface area contributed by atoms with Crippen molar-refractivity contribution in [3.8, 4) is 11.8 Å². The topological polar surface area (TPSA) is 42.2 Å². The van der Waals surface area contributed by atoms with E-state index in [-0.39, 0.29) is 11.8 Å². The number of hydrogen-bond donors (Lipinski definition) is 0. The molecule has 0 N–H and O–H groups in total. The lowest BCUT2D eigenvalue weighted by Crippen LogP contribution is -2.18. The zero-order chi connectivity index (χ0) is 17.2. The van der Waals surface area contributed by atoms with E-state index in [1.807, 2.05) is 30.3 Å². The molecule has 0 amide bonds. The Morgan fingerprint density at radius 3 is 2.44 bits per heavy atom. The molecule has 0 radical (unpaired) electrons. The van der Waals surface area contributed by atoms with Crippen molar-refractivity contribution in [2.75, 3.05) is 20.3 Å². The smallest absolute Gasteiger partial charge is 0.118 e. The molecule has 1 fully saturated rings. The van der Waals surface area contributed by atoms with Gasteiger partial charge in [-0.05, 0) is 40.5 Å². The highest BCUT2D eigenvalue weighted by atomic mass is 16.5. The molecule has 3 nitrogen and oxygen atoms in total. The van der Waals surface area contributed by atoms with Gasteiger partial charge in [0.25, 0.3) is 0 Å². The highest BCUT2D eigenvalue weighted by molar-refractivity contribution is 5.73. The molecule has 0 aromatic heterocycles. The third-order valence-electron chi connectivity index (χ3n) is 5.03. The number of nitriles is 1. The van der Waals surface area contributed by atoms with Gasteiger partial charge in [0.2, 0.25) is 0 Å². The van der Waals surface area contributed by atoms with Crippen LogP contribution < -0.4 is 4.74 Å². The monoisotopic (exact) mass is 329 g/mol. The Morgan fingerprint density at radius 2 is 1.76 bits per heavy atom. The summed E-state index contributed by atoms with van der Waals surface area (Å²) in [5.41, 5.74) is 5.38. The lowest BCUT2D eigenvalue weighted by Gasteiger charge is -2.26. The first-order valence-corrected chi connectivity index (χ1v) is 8.43. The number of fused-ring (bicyclic) bond motifs is 2. The van der Waals surface area contributed by atoms with Gasteiger partial charge in [0.15, 0.2) is 0 Å². The Balaban J connectivity index is 1.88. The summed E-state index contributed by atoms with van der Waals surface area (Å²) < 4.78 is 11.0. The first kappa shape index (κ1) is 15.7. The molecule has 2 aliphatic rings. The third-order valence-corrected chi connectivity index (χ3v) is 5.03. The van der Waals surface area contributed by atoms with Crippen LogP contribution in [0, 0.1) is 17.2 Å². The molecule has 25 heavy (non-hydrogen) atoms. The van der Waals surface area contributed by atoms with Crippen LogP contribution in [0.25, 0.3) is 12.2 Å². The number of allylic oxidation sites excluding steroid dienone is 1. The molecule has 1 saturated heterocycles. The van der Waals surface area contributed by atoms with Crippen molar-refractivity contribution >= 4 is 12.2 Å². The van der Waals surface area contributed by atoms with E-state index in [0.717, 1.165) is 28.0 Å². The summed E-state index contributed by atoms with van der Waals surface area (Å²) in [7, 11) is 1.66. The molecule has 0 spiro atoms.